The van der Waals surface area contributed by atoms with Crippen molar-refractivity contribution in [1.29, 1.82) is 0 Å². The van der Waals surface area contributed by atoms with Crippen molar-refractivity contribution in [2.24, 2.45) is 0 Å². The van der Waals surface area contributed by atoms with Gasteiger partial charge in [-0.15, -0.1) is 0 Å². The molecule has 0 rings (SSSR count). The van der Waals surface area contributed by atoms with Gasteiger partial charge in [-0.1, -0.05) is 39.5 Å². The molecule has 0 heterocycles. The molecular formula is C8H22O2. The number of aliphatic hydroxyl groups excluding tert-OH is 2. The molecule has 0 atom stereocenters. The summed E-state index contributed by atoms with van der Waals surface area (Å²) in [5.41, 5.74) is 0. The lowest BCUT2D eigenvalue weighted by Crippen LogP contribution is -1.66. The molecule has 0 aliphatic heterocycles. The van der Waals surface area contributed by atoms with Gasteiger partial charge < -0.3 is 10.2 Å². The molecular weight excluding hydrogens is 128 g/mol. The van der Waals surface area contributed by atoms with Crippen LogP contribution in [0.2, 0.25) is 0 Å². The minimum Gasteiger partial charge on any atom is -0.400 e. The Balaban J connectivity index is -0.000000105. The highest BCUT2D eigenvalue weighted by Crippen LogP contribution is 1.95. The number of hydrogen-bond acceptors (Lipinski definition) is 2. The average molecular weight is 150 g/mol. The van der Waals surface area contributed by atoms with Crippen molar-refractivity contribution in [2.75, 3.05) is 14.2 Å². The van der Waals surface area contributed by atoms with Crippen LogP contribution in [-0.2, 0) is 0 Å². The summed E-state index contributed by atoms with van der Waals surface area (Å²) in [6.07, 6.45) is 5.54. The maximum atomic E-state index is 7.00. The first-order chi connectivity index (χ1) is 4.91. The number of aliphatic hydroxyl groups is 2. The topological polar surface area (TPSA) is 40.5 Å². The zero-order valence-corrected chi connectivity index (χ0v) is 7.72. The van der Waals surface area contributed by atoms with Gasteiger partial charge in [0.15, 0.2) is 0 Å². The molecule has 0 fully saturated rings. The molecule has 2 heteroatoms. The molecule has 2 N–H and O–H groups in total. The van der Waals surface area contributed by atoms with Crippen LogP contribution < -0.4 is 0 Å². The van der Waals surface area contributed by atoms with E-state index in [9.17, 15) is 0 Å². The lowest BCUT2D eigenvalue weighted by atomic mass is 10.2. The Morgan fingerprint density at radius 3 is 1.00 bits per heavy atom. The predicted octanol–water partition coefficient (Wildman–Crippen LogP) is 1.80. The first kappa shape index (κ1) is 16.5. The van der Waals surface area contributed by atoms with Crippen LogP contribution in [0.25, 0.3) is 0 Å². The predicted molar refractivity (Wildman–Crippen MR) is 46.1 cm³/mol. The van der Waals surface area contributed by atoms with Crippen LogP contribution in [-0.4, -0.2) is 24.4 Å². The minimum atomic E-state index is 1.00. The van der Waals surface area contributed by atoms with Crippen LogP contribution in [0, 0.1) is 0 Å². The molecule has 0 aromatic rings. The van der Waals surface area contributed by atoms with Crippen LogP contribution in [0.15, 0.2) is 0 Å². The van der Waals surface area contributed by atoms with Gasteiger partial charge in [-0.25, -0.2) is 0 Å². The summed E-state index contributed by atoms with van der Waals surface area (Å²) >= 11 is 0. The van der Waals surface area contributed by atoms with Crippen molar-refractivity contribution in [2.45, 2.75) is 39.5 Å². The number of unbranched alkanes of at least 4 members (excludes halogenated alkanes) is 3. The second-order valence-electron chi connectivity index (χ2n) is 1.71. The second-order valence-corrected chi connectivity index (χ2v) is 1.71. The lowest BCUT2D eigenvalue weighted by Gasteiger charge is -1.86. The summed E-state index contributed by atoms with van der Waals surface area (Å²) < 4.78 is 0. The summed E-state index contributed by atoms with van der Waals surface area (Å²) in [7, 11) is 2.00. The van der Waals surface area contributed by atoms with Crippen molar-refractivity contribution in [3.8, 4) is 0 Å². The fraction of sp³-hybridized carbons (Fsp3) is 1.00. The van der Waals surface area contributed by atoms with Gasteiger partial charge in [-0.2, -0.15) is 0 Å². The van der Waals surface area contributed by atoms with E-state index in [1.54, 1.807) is 0 Å². The SMILES string of the molecule is CCCCCC.CO.CO. The fourth-order valence-corrected chi connectivity index (χ4v) is 0.500. The molecule has 0 aliphatic rings. The molecule has 0 aliphatic carbocycles. The molecule has 66 valence electrons. The van der Waals surface area contributed by atoms with E-state index >= 15 is 0 Å². The normalized spacial score (nSPS) is 6.60. The minimum absolute atomic E-state index is 1.00. The summed E-state index contributed by atoms with van der Waals surface area (Å²) in [4.78, 5) is 0. The molecule has 0 bridgehead atoms. The molecule has 2 nitrogen and oxygen atoms in total. The summed E-state index contributed by atoms with van der Waals surface area (Å²) in [6, 6.07) is 0. The first-order valence-corrected chi connectivity index (χ1v) is 3.81. The van der Waals surface area contributed by atoms with E-state index in [0.29, 0.717) is 0 Å². The van der Waals surface area contributed by atoms with E-state index in [1.807, 2.05) is 0 Å². The van der Waals surface area contributed by atoms with Crippen LogP contribution in [0.5, 0.6) is 0 Å². The Morgan fingerprint density at radius 2 is 0.900 bits per heavy atom. The standard InChI is InChI=1S/C6H14.2CH4O/c1-3-5-6-4-2;2*1-2/h3-6H2,1-2H3;2*2H,1H3. The Bertz CT molecular complexity index is 19.2. The van der Waals surface area contributed by atoms with Crippen LogP contribution >= 0.6 is 0 Å². The van der Waals surface area contributed by atoms with Crippen LogP contribution in [0.3, 0.4) is 0 Å². The van der Waals surface area contributed by atoms with Gasteiger partial charge in [-0.05, 0) is 0 Å². The highest BCUT2D eigenvalue weighted by atomic mass is 16.2. The molecule has 0 aromatic heterocycles. The number of hydrogen-bond donors (Lipinski definition) is 2. The van der Waals surface area contributed by atoms with Crippen molar-refractivity contribution in [3.05, 3.63) is 0 Å². The molecule has 0 spiro atoms. The van der Waals surface area contributed by atoms with E-state index in [2.05, 4.69) is 13.8 Å². The third-order valence-electron chi connectivity index (χ3n) is 0.957. The molecule has 0 saturated carbocycles. The summed E-state index contributed by atoms with van der Waals surface area (Å²) in [5, 5.41) is 14.0. The quantitative estimate of drug-likeness (QED) is 0.602. The first-order valence-electron chi connectivity index (χ1n) is 3.81. The largest absolute Gasteiger partial charge is 0.400 e. The van der Waals surface area contributed by atoms with Gasteiger partial charge in [-0.3, -0.25) is 0 Å². The maximum absolute atomic E-state index is 7.00. The van der Waals surface area contributed by atoms with Gasteiger partial charge in [0, 0.05) is 14.2 Å². The average Bonchev–Trinajstić information content (AvgIpc) is 2.08. The second kappa shape index (κ2) is 36.4. The smallest absolute Gasteiger partial charge is 0.0319 e. The van der Waals surface area contributed by atoms with Crippen molar-refractivity contribution in [3.63, 3.8) is 0 Å². The fourth-order valence-electron chi connectivity index (χ4n) is 0.500. The molecule has 0 amide bonds. The van der Waals surface area contributed by atoms with Gasteiger partial charge in [0.2, 0.25) is 0 Å². The van der Waals surface area contributed by atoms with Gasteiger partial charge >= 0.3 is 0 Å². The van der Waals surface area contributed by atoms with Gasteiger partial charge in [0.25, 0.3) is 0 Å². The third-order valence-corrected chi connectivity index (χ3v) is 0.957. The molecule has 10 heavy (non-hydrogen) atoms. The molecule has 0 unspecified atom stereocenters. The summed E-state index contributed by atoms with van der Waals surface area (Å²) in [5.74, 6) is 0. The monoisotopic (exact) mass is 150 g/mol. The van der Waals surface area contributed by atoms with E-state index in [1.165, 1.54) is 25.7 Å². The maximum Gasteiger partial charge on any atom is 0.0319 e. The van der Waals surface area contributed by atoms with E-state index in [-0.39, 0.29) is 0 Å². The zero-order chi connectivity index (χ0) is 8.83. The Labute approximate surface area is 64.9 Å². The third kappa shape index (κ3) is 44.5. The van der Waals surface area contributed by atoms with Crippen molar-refractivity contribution in [1.82, 2.24) is 0 Å². The summed E-state index contributed by atoms with van der Waals surface area (Å²) in [6.45, 7) is 4.46. The van der Waals surface area contributed by atoms with E-state index < -0.39 is 0 Å². The lowest BCUT2D eigenvalue weighted by molar-refractivity contribution is 0.399. The Hall–Kier alpha value is -0.0800. The Kier molecular flexibility index (Phi) is 60.0. The van der Waals surface area contributed by atoms with Gasteiger partial charge in [0.1, 0.15) is 0 Å². The van der Waals surface area contributed by atoms with Crippen LogP contribution in [0.4, 0.5) is 0 Å². The van der Waals surface area contributed by atoms with Crippen molar-refractivity contribution >= 4 is 0 Å². The Morgan fingerprint density at radius 1 is 0.700 bits per heavy atom. The van der Waals surface area contributed by atoms with E-state index in [0.717, 1.165) is 14.2 Å². The highest BCUT2D eigenvalue weighted by Gasteiger charge is 1.75. The van der Waals surface area contributed by atoms with Crippen molar-refractivity contribution < 1.29 is 10.2 Å². The highest BCUT2D eigenvalue weighted by molar-refractivity contribution is 4.31. The number of rotatable bonds is 3. The molecule has 0 saturated heterocycles. The molecule has 0 aromatic carbocycles. The molecule has 0 radical (unpaired) electrons. The van der Waals surface area contributed by atoms with Crippen LogP contribution in [0.1, 0.15) is 39.5 Å². The van der Waals surface area contributed by atoms with E-state index in [4.69, 9.17) is 10.2 Å². The zero-order valence-electron chi connectivity index (χ0n) is 7.72. The van der Waals surface area contributed by atoms with Gasteiger partial charge in [0.05, 0.1) is 0 Å².